The Bertz CT molecular complexity index is 1040. The van der Waals surface area contributed by atoms with Gasteiger partial charge in [-0.3, -0.25) is 4.79 Å². The summed E-state index contributed by atoms with van der Waals surface area (Å²) in [5.41, 5.74) is 3.59. The number of rotatable bonds is 5. The Hall–Kier alpha value is -3.12. The molecule has 3 aromatic rings. The number of aromatic nitrogens is 1. The largest absolute Gasteiger partial charge is 0.452 e. The Kier molecular flexibility index (Phi) is 5.80. The van der Waals surface area contributed by atoms with Crippen molar-refractivity contribution < 1.29 is 18.8 Å². The summed E-state index contributed by atoms with van der Waals surface area (Å²) in [6.45, 7) is 4.98. The van der Waals surface area contributed by atoms with E-state index in [0.29, 0.717) is 16.3 Å². The molecule has 3 rings (SSSR count). The number of benzene rings is 2. The molecule has 28 heavy (non-hydrogen) atoms. The number of halogens is 1. The second-order valence-corrected chi connectivity index (χ2v) is 6.79. The Morgan fingerprint density at radius 3 is 2.64 bits per heavy atom. The Morgan fingerprint density at radius 1 is 1.14 bits per heavy atom. The highest BCUT2D eigenvalue weighted by molar-refractivity contribution is 6.33. The molecule has 6 nitrogen and oxygen atoms in total. The molecule has 0 fully saturated rings. The van der Waals surface area contributed by atoms with Crippen LogP contribution in [0.2, 0.25) is 5.02 Å². The van der Waals surface area contributed by atoms with Crippen molar-refractivity contribution in [3.8, 4) is 11.3 Å². The molecule has 1 amide bonds. The van der Waals surface area contributed by atoms with Crippen LogP contribution in [0.1, 0.15) is 27.2 Å². The van der Waals surface area contributed by atoms with Crippen molar-refractivity contribution in [3.63, 3.8) is 0 Å². The average Bonchev–Trinajstić information content (AvgIpc) is 3.04. The quantitative estimate of drug-likeness (QED) is 0.629. The van der Waals surface area contributed by atoms with Gasteiger partial charge in [0.25, 0.3) is 5.91 Å². The summed E-state index contributed by atoms with van der Waals surface area (Å²) in [5, 5.41) is 7.10. The molecule has 144 valence electrons. The first kappa shape index (κ1) is 19.6. The third-order valence-electron chi connectivity index (χ3n) is 4.20. The number of esters is 1. The lowest BCUT2D eigenvalue weighted by Crippen LogP contribution is -2.21. The summed E-state index contributed by atoms with van der Waals surface area (Å²) in [6, 6.07) is 12.7. The Morgan fingerprint density at radius 2 is 1.89 bits per heavy atom. The predicted octanol–water partition coefficient (Wildman–Crippen LogP) is 4.72. The van der Waals surface area contributed by atoms with E-state index in [-0.39, 0.29) is 17.0 Å². The highest BCUT2D eigenvalue weighted by atomic mass is 35.5. The van der Waals surface area contributed by atoms with Crippen LogP contribution in [0, 0.1) is 20.8 Å². The smallest absolute Gasteiger partial charge is 0.344 e. The van der Waals surface area contributed by atoms with E-state index >= 15 is 0 Å². The van der Waals surface area contributed by atoms with Gasteiger partial charge in [-0.2, -0.15) is 0 Å². The molecule has 0 saturated carbocycles. The molecule has 1 N–H and O–H groups in total. The fourth-order valence-electron chi connectivity index (χ4n) is 2.71. The third kappa shape index (κ3) is 4.23. The first-order chi connectivity index (χ1) is 13.4. The molecule has 0 aliphatic carbocycles. The molecular formula is C21H19ClN2O4. The Balaban J connectivity index is 1.72. The zero-order valence-corrected chi connectivity index (χ0v) is 16.5. The fourth-order valence-corrected chi connectivity index (χ4v) is 2.93. The van der Waals surface area contributed by atoms with Crippen LogP contribution < -0.4 is 5.32 Å². The zero-order chi connectivity index (χ0) is 20.3. The van der Waals surface area contributed by atoms with Gasteiger partial charge in [-0.05, 0) is 44.0 Å². The van der Waals surface area contributed by atoms with Gasteiger partial charge in [0.05, 0.1) is 5.02 Å². The summed E-state index contributed by atoms with van der Waals surface area (Å²) in [6.07, 6.45) is 0. The second-order valence-electron chi connectivity index (χ2n) is 6.38. The maximum absolute atomic E-state index is 12.6. The van der Waals surface area contributed by atoms with Crippen molar-refractivity contribution in [2.24, 2.45) is 0 Å². The highest BCUT2D eigenvalue weighted by Crippen LogP contribution is 2.31. The lowest BCUT2D eigenvalue weighted by Gasteiger charge is -2.10. The van der Waals surface area contributed by atoms with Crippen molar-refractivity contribution in [1.29, 1.82) is 0 Å². The minimum absolute atomic E-state index is 0.146. The third-order valence-corrected chi connectivity index (χ3v) is 4.53. The zero-order valence-electron chi connectivity index (χ0n) is 15.7. The van der Waals surface area contributed by atoms with Gasteiger partial charge in [-0.25, -0.2) is 4.79 Å². The van der Waals surface area contributed by atoms with Gasteiger partial charge < -0.3 is 14.6 Å². The standard InChI is InChI=1S/C21H19ClN2O4/c1-12-8-9-13(2)17(10-12)23-18(25)11-27-21(26)19-14(3)28-24-20(19)15-6-4-5-7-16(15)22/h4-10H,11H2,1-3H3,(H,23,25). The minimum Gasteiger partial charge on any atom is -0.452 e. The topological polar surface area (TPSA) is 81.4 Å². The molecule has 0 aliphatic rings. The summed E-state index contributed by atoms with van der Waals surface area (Å²) in [4.78, 5) is 24.8. The van der Waals surface area contributed by atoms with Crippen molar-refractivity contribution >= 4 is 29.2 Å². The molecule has 7 heteroatoms. The van der Waals surface area contributed by atoms with E-state index in [1.807, 2.05) is 32.0 Å². The lowest BCUT2D eigenvalue weighted by atomic mass is 10.1. The van der Waals surface area contributed by atoms with Gasteiger partial charge in [0, 0.05) is 11.3 Å². The maximum Gasteiger partial charge on any atom is 0.344 e. The number of nitrogens with zero attached hydrogens (tertiary/aromatic N) is 1. The van der Waals surface area contributed by atoms with E-state index in [4.69, 9.17) is 20.9 Å². The van der Waals surface area contributed by atoms with E-state index < -0.39 is 18.5 Å². The summed E-state index contributed by atoms with van der Waals surface area (Å²) in [7, 11) is 0. The van der Waals surface area contributed by atoms with E-state index in [1.165, 1.54) is 0 Å². The van der Waals surface area contributed by atoms with Crippen LogP contribution in [-0.4, -0.2) is 23.6 Å². The van der Waals surface area contributed by atoms with Gasteiger partial charge in [0.15, 0.2) is 6.61 Å². The van der Waals surface area contributed by atoms with Crippen LogP contribution in [-0.2, 0) is 9.53 Å². The van der Waals surface area contributed by atoms with Gasteiger partial charge >= 0.3 is 5.97 Å². The minimum atomic E-state index is -0.704. The molecule has 0 spiro atoms. The molecule has 0 atom stereocenters. The predicted molar refractivity (Wildman–Crippen MR) is 107 cm³/mol. The highest BCUT2D eigenvalue weighted by Gasteiger charge is 2.25. The van der Waals surface area contributed by atoms with Crippen molar-refractivity contribution in [2.75, 3.05) is 11.9 Å². The van der Waals surface area contributed by atoms with Gasteiger partial charge in [0.2, 0.25) is 0 Å². The van der Waals surface area contributed by atoms with Crippen molar-refractivity contribution in [2.45, 2.75) is 20.8 Å². The number of carbonyl (C=O) groups is 2. The maximum atomic E-state index is 12.6. The summed E-state index contributed by atoms with van der Waals surface area (Å²) < 4.78 is 10.3. The summed E-state index contributed by atoms with van der Waals surface area (Å²) >= 11 is 6.19. The van der Waals surface area contributed by atoms with Crippen LogP contribution in [0.3, 0.4) is 0 Å². The number of anilines is 1. The van der Waals surface area contributed by atoms with Gasteiger partial charge in [0.1, 0.15) is 17.0 Å². The monoisotopic (exact) mass is 398 g/mol. The average molecular weight is 399 g/mol. The van der Waals surface area contributed by atoms with Crippen LogP contribution in [0.25, 0.3) is 11.3 Å². The second kappa shape index (κ2) is 8.27. The number of hydrogen-bond acceptors (Lipinski definition) is 5. The summed E-state index contributed by atoms with van der Waals surface area (Å²) in [5.74, 6) is -0.852. The van der Waals surface area contributed by atoms with Crippen molar-refractivity contribution in [1.82, 2.24) is 5.16 Å². The number of hydrogen-bond donors (Lipinski definition) is 1. The van der Waals surface area contributed by atoms with Crippen LogP contribution in [0.15, 0.2) is 47.0 Å². The van der Waals surface area contributed by atoms with E-state index in [1.54, 1.807) is 31.2 Å². The fraction of sp³-hybridized carbons (Fsp3) is 0.190. The molecule has 1 aromatic heterocycles. The normalized spacial score (nSPS) is 10.6. The molecule has 1 heterocycles. The molecule has 2 aromatic carbocycles. The number of ether oxygens (including phenoxy) is 1. The van der Waals surface area contributed by atoms with Crippen molar-refractivity contribution in [3.05, 3.63) is 69.9 Å². The molecule has 0 radical (unpaired) electrons. The van der Waals surface area contributed by atoms with E-state index in [0.717, 1.165) is 11.1 Å². The SMILES string of the molecule is Cc1ccc(C)c(NC(=O)COC(=O)c2c(-c3ccccc3Cl)noc2C)c1. The molecule has 0 aliphatic heterocycles. The van der Waals surface area contributed by atoms with Crippen LogP contribution in [0.5, 0.6) is 0 Å². The first-order valence-corrected chi connectivity index (χ1v) is 9.00. The molecule has 0 bridgehead atoms. The molecular weight excluding hydrogens is 380 g/mol. The number of carbonyl (C=O) groups excluding carboxylic acids is 2. The molecule has 0 unspecified atom stereocenters. The van der Waals surface area contributed by atoms with Crippen LogP contribution >= 0.6 is 11.6 Å². The van der Waals surface area contributed by atoms with Gasteiger partial charge in [-0.15, -0.1) is 0 Å². The van der Waals surface area contributed by atoms with Gasteiger partial charge in [-0.1, -0.05) is 47.1 Å². The Labute approximate surface area is 167 Å². The first-order valence-electron chi connectivity index (χ1n) is 8.62. The number of aryl methyl sites for hydroxylation is 3. The molecule has 0 saturated heterocycles. The van der Waals surface area contributed by atoms with E-state index in [9.17, 15) is 9.59 Å². The lowest BCUT2D eigenvalue weighted by molar-refractivity contribution is -0.119. The van der Waals surface area contributed by atoms with E-state index in [2.05, 4.69) is 10.5 Å². The number of amides is 1. The van der Waals surface area contributed by atoms with Crippen LogP contribution in [0.4, 0.5) is 5.69 Å². The number of nitrogens with one attached hydrogen (secondary N) is 1.